The number of fused-ring (bicyclic) bond motifs is 2. The summed E-state index contributed by atoms with van der Waals surface area (Å²) in [5.41, 5.74) is -1.36. The van der Waals surface area contributed by atoms with Gasteiger partial charge in [0.05, 0.1) is 23.8 Å². The fourth-order valence-electron chi connectivity index (χ4n) is 6.46. The summed E-state index contributed by atoms with van der Waals surface area (Å²) in [4.78, 5) is 24.3. The Labute approximate surface area is 196 Å². The largest absolute Gasteiger partial charge is 0.462 e. The van der Waals surface area contributed by atoms with Gasteiger partial charge in [0, 0.05) is 18.8 Å². The van der Waals surface area contributed by atoms with Crippen molar-refractivity contribution in [2.45, 2.75) is 82.8 Å². The van der Waals surface area contributed by atoms with Gasteiger partial charge in [-0.1, -0.05) is 13.8 Å². The molecule has 2 bridgehead atoms. The highest BCUT2D eigenvalue weighted by atomic mass is 19.4. The Kier molecular flexibility index (Phi) is 5.98. The molecule has 188 valence electrons. The minimum Gasteiger partial charge on any atom is -0.462 e. The summed E-state index contributed by atoms with van der Waals surface area (Å²) in [7, 11) is 0. The van der Waals surface area contributed by atoms with E-state index in [1.165, 1.54) is 0 Å². The number of alkyl halides is 3. The van der Waals surface area contributed by atoms with Crippen molar-refractivity contribution in [2.24, 2.45) is 23.7 Å². The van der Waals surface area contributed by atoms with E-state index in [9.17, 15) is 18.0 Å². The molecular formula is C25H31F3O6. The molecular weight excluding hydrogens is 453 g/mol. The van der Waals surface area contributed by atoms with Gasteiger partial charge in [0.25, 0.3) is 0 Å². The smallest absolute Gasteiger partial charge is 0.416 e. The van der Waals surface area contributed by atoms with Crippen molar-refractivity contribution in [3.8, 4) is 0 Å². The topological polar surface area (TPSA) is 63.2 Å². The molecule has 5 aliphatic rings. The van der Waals surface area contributed by atoms with E-state index in [0.29, 0.717) is 12.3 Å². The molecule has 4 heterocycles. The van der Waals surface area contributed by atoms with Crippen LogP contribution in [0.1, 0.15) is 68.8 Å². The number of hydrogen-bond acceptors (Lipinski definition) is 6. The van der Waals surface area contributed by atoms with Gasteiger partial charge >= 0.3 is 12.1 Å². The van der Waals surface area contributed by atoms with Crippen molar-refractivity contribution in [3.05, 3.63) is 35.4 Å². The monoisotopic (exact) mass is 484 g/mol. The fraction of sp³-hybridized carbons (Fsp3) is 0.720. The van der Waals surface area contributed by atoms with Crippen molar-refractivity contribution in [1.82, 2.24) is 0 Å². The number of esters is 1. The van der Waals surface area contributed by atoms with Gasteiger partial charge < -0.3 is 14.2 Å². The van der Waals surface area contributed by atoms with Crippen LogP contribution in [0.5, 0.6) is 0 Å². The average Bonchev–Trinajstić information content (AvgIpc) is 3.02. The van der Waals surface area contributed by atoms with E-state index < -0.39 is 35.4 Å². The van der Waals surface area contributed by atoms with Crippen LogP contribution >= 0.6 is 0 Å². The maximum Gasteiger partial charge on any atom is 0.416 e. The molecule has 0 radical (unpaired) electrons. The van der Waals surface area contributed by atoms with E-state index in [0.717, 1.165) is 49.9 Å². The highest BCUT2D eigenvalue weighted by Crippen LogP contribution is 2.60. The lowest BCUT2D eigenvalue weighted by Crippen LogP contribution is -2.70. The van der Waals surface area contributed by atoms with E-state index in [1.54, 1.807) is 0 Å². The summed E-state index contributed by atoms with van der Waals surface area (Å²) in [5, 5.41) is 0. The lowest BCUT2D eigenvalue weighted by Gasteiger charge is -2.60. The van der Waals surface area contributed by atoms with E-state index in [1.807, 2.05) is 6.92 Å². The summed E-state index contributed by atoms with van der Waals surface area (Å²) in [6.07, 6.45) is -0.989. The number of ether oxygens (including phenoxy) is 3. The Morgan fingerprint density at radius 2 is 1.82 bits per heavy atom. The maximum atomic E-state index is 12.7. The Morgan fingerprint density at radius 3 is 2.53 bits per heavy atom. The van der Waals surface area contributed by atoms with Crippen LogP contribution in [0.3, 0.4) is 0 Å². The number of halogens is 3. The molecule has 9 heteroatoms. The lowest BCUT2D eigenvalue weighted by molar-refractivity contribution is -0.571. The van der Waals surface area contributed by atoms with Gasteiger partial charge in [-0.05, 0) is 68.2 Å². The Balaban J connectivity index is 1.25. The highest BCUT2D eigenvalue weighted by molar-refractivity contribution is 5.89. The second-order valence-corrected chi connectivity index (χ2v) is 10.4. The molecule has 4 aliphatic heterocycles. The van der Waals surface area contributed by atoms with E-state index in [-0.39, 0.29) is 36.0 Å². The molecule has 1 spiro atoms. The number of rotatable bonds is 4. The first-order valence-corrected chi connectivity index (χ1v) is 12.1. The summed E-state index contributed by atoms with van der Waals surface area (Å²) in [6.45, 7) is 6.36. The molecule has 0 N–H and O–H groups in total. The van der Waals surface area contributed by atoms with Crippen LogP contribution in [-0.4, -0.2) is 36.4 Å². The lowest BCUT2D eigenvalue weighted by atomic mass is 9.57. The minimum absolute atomic E-state index is 0.0801. The van der Waals surface area contributed by atoms with Crippen LogP contribution in [0.15, 0.2) is 24.3 Å². The molecule has 1 aromatic rings. The van der Waals surface area contributed by atoms with Gasteiger partial charge in [-0.3, -0.25) is 0 Å². The molecule has 34 heavy (non-hydrogen) atoms. The van der Waals surface area contributed by atoms with Crippen LogP contribution in [0.25, 0.3) is 0 Å². The molecule has 1 aliphatic carbocycles. The summed E-state index contributed by atoms with van der Waals surface area (Å²) >= 11 is 0. The van der Waals surface area contributed by atoms with Crippen LogP contribution in [-0.2, 0) is 30.2 Å². The molecule has 1 aromatic carbocycles. The number of benzene rings is 1. The third kappa shape index (κ3) is 3.94. The normalized spacial score (nSPS) is 41.5. The van der Waals surface area contributed by atoms with Crippen LogP contribution in [0.4, 0.5) is 13.2 Å². The molecule has 6 nitrogen and oxygen atoms in total. The predicted octanol–water partition coefficient (Wildman–Crippen LogP) is 5.50. The van der Waals surface area contributed by atoms with Gasteiger partial charge in [0.15, 0.2) is 11.9 Å². The second-order valence-electron chi connectivity index (χ2n) is 10.4. The summed E-state index contributed by atoms with van der Waals surface area (Å²) in [5.74, 6) is -0.437. The summed E-state index contributed by atoms with van der Waals surface area (Å²) < 4.78 is 56.4. The van der Waals surface area contributed by atoms with Crippen LogP contribution in [0, 0.1) is 23.7 Å². The maximum absolute atomic E-state index is 12.7. The average molecular weight is 485 g/mol. The molecule has 6 rings (SSSR count). The number of hydrogen-bond donors (Lipinski definition) is 0. The Hall–Kier alpha value is -1.68. The zero-order valence-electron chi connectivity index (χ0n) is 19.6. The zero-order chi connectivity index (χ0) is 24.3. The molecule has 0 aromatic heterocycles. The number of carbonyl (C=O) groups is 1. The SMILES string of the molecule is C[C@H]1[C@@H](CCOC(=O)c2ccc(C(F)(F)F)cc2)O[C@@H]2O[C@@]3(C)CC[C@H]4[C@H](C)CC[C@@H]1[C@@]24OO3. The van der Waals surface area contributed by atoms with Crippen molar-refractivity contribution in [3.63, 3.8) is 0 Å². The third-order valence-electron chi connectivity index (χ3n) is 8.38. The predicted molar refractivity (Wildman–Crippen MR) is 113 cm³/mol. The van der Waals surface area contributed by atoms with E-state index in [2.05, 4.69) is 13.8 Å². The second kappa shape index (κ2) is 8.47. The molecule has 4 saturated heterocycles. The van der Waals surface area contributed by atoms with Crippen molar-refractivity contribution in [1.29, 1.82) is 0 Å². The molecule has 1 saturated carbocycles. The van der Waals surface area contributed by atoms with E-state index >= 15 is 0 Å². The Bertz CT molecular complexity index is 920. The third-order valence-corrected chi connectivity index (χ3v) is 8.38. The number of carbonyl (C=O) groups excluding carboxylic acids is 1. The molecule has 8 atom stereocenters. The first-order valence-electron chi connectivity index (χ1n) is 12.1. The zero-order valence-corrected chi connectivity index (χ0v) is 19.6. The minimum atomic E-state index is -4.45. The standard InChI is InChI=1S/C25H31F3O6/c1-14-4-9-19-15(2)20(31-22-24(19)18(14)10-12-23(3,32-22)33-34-24)11-13-30-21(29)16-5-7-17(8-6-16)25(26,27)28/h5-8,14-15,18-20,22H,4,9-13H2,1-3H3/t14-,15-,18+,19+,20-,22-,23-,24-/m1/s1. The van der Waals surface area contributed by atoms with Crippen molar-refractivity contribution >= 4 is 5.97 Å². The molecule has 5 fully saturated rings. The van der Waals surface area contributed by atoms with Gasteiger partial charge in [0.2, 0.25) is 5.79 Å². The van der Waals surface area contributed by atoms with Gasteiger partial charge in [-0.15, -0.1) is 0 Å². The summed E-state index contributed by atoms with van der Waals surface area (Å²) in [6, 6.07) is 4.02. The highest BCUT2D eigenvalue weighted by Gasteiger charge is 2.69. The molecule has 0 amide bonds. The fourth-order valence-corrected chi connectivity index (χ4v) is 6.46. The van der Waals surface area contributed by atoms with E-state index in [4.69, 9.17) is 24.0 Å². The van der Waals surface area contributed by atoms with Crippen molar-refractivity contribution in [2.75, 3.05) is 6.61 Å². The quantitative estimate of drug-likeness (QED) is 0.415. The van der Waals surface area contributed by atoms with Gasteiger partial charge in [-0.25, -0.2) is 14.6 Å². The van der Waals surface area contributed by atoms with Crippen LogP contribution < -0.4 is 0 Å². The first-order chi connectivity index (χ1) is 16.0. The van der Waals surface area contributed by atoms with Gasteiger partial charge in [-0.2, -0.15) is 13.2 Å². The Morgan fingerprint density at radius 1 is 1.09 bits per heavy atom. The van der Waals surface area contributed by atoms with Crippen LogP contribution in [0.2, 0.25) is 0 Å². The van der Waals surface area contributed by atoms with Crippen molar-refractivity contribution < 1.29 is 42.0 Å². The molecule has 0 unspecified atom stereocenters. The first kappa shape index (κ1) is 24.0. The van der Waals surface area contributed by atoms with Gasteiger partial charge in [0.1, 0.15) is 0 Å².